The van der Waals surface area contributed by atoms with Gasteiger partial charge in [-0.25, -0.2) is 9.97 Å². The smallest absolute Gasteiger partial charge is 0.219 e. The second-order valence-corrected chi connectivity index (χ2v) is 3.14. The predicted molar refractivity (Wildman–Crippen MR) is 58.7 cm³/mol. The maximum Gasteiger partial charge on any atom is 0.219 e. The molecule has 0 aliphatic carbocycles. The summed E-state index contributed by atoms with van der Waals surface area (Å²) in [4.78, 5) is 18.2. The molecule has 5 heteroatoms. The zero-order chi connectivity index (χ0) is 12.1. The molecule has 2 aromatic heterocycles. The first-order chi connectivity index (χ1) is 8.31. The first-order valence-electron chi connectivity index (χ1n) is 4.77. The highest BCUT2D eigenvalue weighted by Gasteiger charge is 2.00. The van der Waals surface area contributed by atoms with Gasteiger partial charge in [0, 0.05) is 17.8 Å². The number of carbonyl (C=O) groups excluding carboxylic acids is 1. The molecule has 0 N–H and O–H groups in total. The third-order valence-corrected chi connectivity index (χ3v) is 1.97. The molecule has 82 valence electrons. The van der Waals surface area contributed by atoms with Gasteiger partial charge in [-0.15, -0.1) is 0 Å². The largest absolute Gasteiger partial charge is 0.437 e. The monoisotopic (exact) mass is 225 g/mol. The fourth-order valence-corrected chi connectivity index (χ4v) is 1.15. The number of pyridine rings is 2. The van der Waals surface area contributed by atoms with Crippen LogP contribution in [0.3, 0.4) is 0 Å². The molecule has 2 heterocycles. The number of aromatic nitrogens is 2. The van der Waals surface area contributed by atoms with Crippen LogP contribution in [0, 0.1) is 11.3 Å². The van der Waals surface area contributed by atoms with E-state index in [-0.39, 0.29) is 0 Å². The Morgan fingerprint density at radius 2 is 2.06 bits per heavy atom. The van der Waals surface area contributed by atoms with Crippen molar-refractivity contribution in [3.05, 3.63) is 47.9 Å². The number of nitriles is 1. The second-order valence-electron chi connectivity index (χ2n) is 3.14. The standard InChI is InChI=1S/C12H7N3O2/c13-5-10-2-3-11(7-14-10)17-12-4-1-9(8-16)6-15-12/h1-4,6-8H. The number of carbonyl (C=O) groups is 1. The van der Waals surface area contributed by atoms with Crippen LogP contribution in [0.2, 0.25) is 0 Å². The van der Waals surface area contributed by atoms with Crippen molar-refractivity contribution in [1.29, 1.82) is 5.26 Å². The van der Waals surface area contributed by atoms with Crippen LogP contribution in [0.15, 0.2) is 36.7 Å². The number of rotatable bonds is 3. The van der Waals surface area contributed by atoms with Crippen molar-refractivity contribution >= 4 is 6.29 Å². The van der Waals surface area contributed by atoms with Gasteiger partial charge in [-0.1, -0.05) is 0 Å². The van der Waals surface area contributed by atoms with Crippen LogP contribution in [0.1, 0.15) is 16.1 Å². The quantitative estimate of drug-likeness (QED) is 0.746. The summed E-state index contributed by atoms with van der Waals surface area (Å²) < 4.78 is 5.38. The molecule has 0 amide bonds. The SMILES string of the molecule is N#Cc1ccc(Oc2ccc(C=O)cn2)cn1. The van der Waals surface area contributed by atoms with Gasteiger partial charge < -0.3 is 4.74 Å². The lowest BCUT2D eigenvalue weighted by atomic mass is 10.3. The first kappa shape index (κ1) is 10.8. The van der Waals surface area contributed by atoms with Gasteiger partial charge >= 0.3 is 0 Å². The lowest BCUT2D eigenvalue weighted by molar-refractivity contribution is 0.112. The molecule has 0 aliphatic rings. The Bertz CT molecular complexity index is 556. The molecule has 0 bridgehead atoms. The lowest BCUT2D eigenvalue weighted by Crippen LogP contribution is -1.90. The van der Waals surface area contributed by atoms with Crippen LogP contribution in [-0.2, 0) is 0 Å². The Morgan fingerprint density at radius 3 is 2.59 bits per heavy atom. The van der Waals surface area contributed by atoms with Crippen molar-refractivity contribution < 1.29 is 9.53 Å². The van der Waals surface area contributed by atoms with Crippen LogP contribution in [-0.4, -0.2) is 16.3 Å². The van der Waals surface area contributed by atoms with Crippen molar-refractivity contribution in [2.24, 2.45) is 0 Å². The minimum Gasteiger partial charge on any atom is -0.437 e. The van der Waals surface area contributed by atoms with Crippen molar-refractivity contribution in [2.45, 2.75) is 0 Å². The Labute approximate surface area is 97.3 Å². The van der Waals surface area contributed by atoms with Crippen molar-refractivity contribution in [2.75, 3.05) is 0 Å². The van der Waals surface area contributed by atoms with E-state index in [1.54, 1.807) is 24.3 Å². The third kappa shape index (κ3) is 2.63. The first-order valence-corrected chi connectivity index (χ1v) is 4.77. The maximum atomic E-state index is 10.4. The average molecular weight is 225 g/mol. The molecule has 17 heavy (non-hydrogen) atoms. The molecular formula is C12H7N3O2. The highest BCUT2D eigenvalue weighted by Crippen LogP contribution is 2.17. The zero-order valence-electron chi connectivity index (χ0n) is 8.70. The number of aldehydes is 1. The molecule has 0 saturated carbocycles. The molecule has 0 radical (unpaired) electrons. The molecule has 0 fully saturated rings. The summed E-state index contributed by atoms with van der Waals surface area (Å²) in [5, 5.41) is 8.58. The van der Waals surface area contributed by atoms with E-state index in [1.165, 1.54) is 12.4 Å². The fourth-order valence-electron chi connectivity index (χ4n) is 1.15. The number of hydrogen-bond acceptors (Lipinski definition) is 5. The van der Waals surface area contributed by atoms with Crippen molar-refractivity contribution in [3.63, 3.8) is 0 Å². The number of nitrogens with zero attached hydrogens (tertiary/aromatic N) is 3. The fraction of sp³-hybridized carbons (Fsp3) is 0. The van der Waals surface area contributed by atoms with Crippen LogP contribution < -0.4 is 4.74 Å². The van der Waals surface area contributed by atoms with E-state index in [2.05, 4.69) is 9.97 Å². The maximum absolute atomic E-state index is 10.4. The highest BCUT2D eigenvalue weighted by atomic mass is 16.5. The summed E-state index contributed by atoms with van der Waals surface area (Å²) in [5.74, 6) is 0.845. The zero-order valence-corrected chi connectivity index (χ0v) is 8.70. The van der Waals surface area contributed by atoms with Crippen LogP contribution >= 0.6 is 0 Å². The second kappa shape index (κ2) is 4.86. The molecule has 0 aliphatic heterocycles. The minimum absolute atomic E-state index is 0.321. The molecule has 2 rings (SSSR count). The summed E-state index contributed by atoms with van der Waals surface area (Å²) >= 11 is 0. The topological polar surface area (TPSA) is 75.9 Å². The van der Waals surface area contributed by atoms with Gasteiger partial charge in [0.1, 0.15) is 17.5 Å². The predicted octanol–water partition coefficient (Wildman–Crippen LogP) is 1.95. The summed E-state index contributed by atoms with van der Waals surface area (Å²) in [5.41, 5.74) is 0.803. The Balaban J connectivity index is 2.14. The molecule has 5 nitrogen and oxygen atoms in total. The highest BCUT2D eigenvalue weighted by molar-refractivity contribution is 5.74. The summed E-state index contributed by atoms with van der Waals surface area (Å²) in [6.45, 7) is 0. The summed E-state index contributed by atoms with van der Waals surface area (Å²) in [6.07, 6.45) is 3.56. The lowest BCUT2D eigenvalue weighted by Gasteiger charge is -2.03. The van der Waals surface area contributed by atoms with Crippen molar-refractivity contribution in [3.8, 4) is 17.7 Å². The van der Waals surface area contributed by atoms with E-state index in [0.29, 0.717) is 29.2 Å². The third-order valence-electron chi connectivity index (χ3n) is 1.97. The van der Waals surface area contributed by atoms with E-state index < -0.39 is 0 Å². The van der Waals surface area contributed by atoms with Crippen LogP contribution in [0.25, 0.3) is 0 Å². The summed E-state index contributed by atoms with van der Waals surface area (Å²) in [6, 6.07) is 8.28. The molecule has 2 aromatic rings. The minimum atomic E-state index is 0.321. The average Bonchev–Trinajstić information content (AvgIpc) is 2.40. The van der Waals surface area contributed by atoms with Crippen LogP contribution in [0.5, 0.6) is 11.6 Å². The van der Waals surface area contributed by atoms with Gasteiger partial charge in [0.2, 0.25) is 5.88 Å². The van der Waals surface area contributed by atoms with Crippen LogP contribution in [0.4, 0.5) is 0 Å². The van der Waals surface area contributed by atoms with Gasteiger partial charge in [0.15, 0.2) is 6.29 Å². The molecule has 0 spiro atoms. The van der Waals surface area contributed by atoms with Gasteiger partial charge in [-0.05, 0) is 18.2 Å². The Morgan fingerprint density at radius 1 is 1.18 bits per heavy atom. The Hall–Kier alpha value is -2.74. The number of hydrogen-bond donors (Lipinski definition) is 0. The molecular weight excluding hydrogens is 218 g/mol. The van der Waals surface area contributed by atoms with Gasteiger partial charge in [-0.3, -0.25) is 4.79 Å². The number of ether oxygens (including phenoxy) is 1. The van der Waals surface area contributed by atoms with Crippen molar-refractivity contribution in [1.82, 2.24) is 9.97 Å². The van der Waals surface area contributed by atoms with E-state index in [9.17, 15) is 4.79 Å². The van der Waals surface area contributed by atoms with Gasteiger partial charge in [0.05, 0.1) is 6.20 Å². The van der Waals surface area contributed by atoms with E-state index in [4.69, 9.17) is 10.00 Å². The van der Waals surface area contributed by atoms with Gasteiger partial charge in [0.25, 0.3) is 0 Å². The van der Waals surface area contributed by atoms with E-state index in [0.717, 1.165) is 0 Å². The molecule has 0 atom stereocenters. The molecule has 0 unspecified atom stereocenters. The molecule has 0 aromatic carbocycles. The Kier molecular flexibility index (Phi) is 3.08. The normalized spacial score (nSPS) is 9.35. The van der Waals surface area contributed by atoms with E-state index >= 15 is 0 Å². The molecule has 0 saturated heterocycles. The van der Waals surface area contributed by atoms with Gasteiger partial charge in [-0.2, -0.15) is 5.26 Å². The summed E-state index contributed by atoms with van der Waals surface area (Å²) in [7, 11) is 0. The van der Waals surface area contributed by atoms with E-state index in [1.807, 2.05) is 6.07 Å².